The smallest absolute Gasteiger partial charge is 0.343 e. The largest absolute Gasteiger partial charge is 0.423 e. The van der Waals surface area contributed by atoms with Gasteiger partial charge in [-0.25, -0.2) is 13.6 Å². The Bertz CT molecular complexity index is 680. The highest BCUT2D eigenvalue weighted by atomic mass is 19.1. The number of nitrogens with zero attached hydrogens (tertiary/aromatic N) is 1. The molecule has 5 heteroatoms. The molecule has 0 fully saturated rings. The molecule has 0 unspecified atom stereocenters. The molecule has 0 saturated heterocycles. The predicted octanol–water partition coefficient (Wildman–Crippen LogP) is 3.36. The molecule has 0 aliphatic heterocycles. The molecule has 0 aromatic heterocycles. The highest BCUT2D eigenvalue weighted by Gasteiger charge is 2.14. The Morgan fingerprint density at radius 3 is 2.20 bits per heavy atom. The van der Waals surface area contributed by atoms with Gasteiger partial charge in [0.1, 0.15) is 29.0 Å². The first-order valence-electron chi connectivity index (χ1n) is 5.69. The zero-order chi connectivity index (χ0) is 14.7. The lowest BCUT2D eigenvalue weighted by Gasteiger charge is -2.06. The van der Waals surface area contributed by atoms with Crippen LogP contribution in [0.25, 0.3) is 0 Å². The SMILES string of the molecule is Cc1ccc(C(=O)Oc2cc(F)c(C#N)c(F)c2)cc1. The number of hydrogen-bond acceptors (Lipinski definition) is 3. The predicted molar refractivity (Wildman–Crippen MR) is 67.2 cm³/mol. The van der Waals surface area contributed by atoms with Crippen molar-refractivity contribution in [2.24, 2.45) is 0 Å². The van der Waals surface area contributed by atoms with Crippen molar-refractivity contribution in [3.8, 4) is 11.8 Å². The van der Waals surface area contributed by atoms with Crippen LogP contribution in [0.2, 0.25) is 0 Å². The minimum Gasteiger partial charge on any atom is -0.423 e. The van der Waals surface area contributed by atoms with Crippen molar-refractivity contribution in [1.29, 1.82) is 5.26 Å². The third-order valence-electron chi connectivity index (χ3n) is 2.63. The normalized spacial score (nSPS) is 9.90. The zero-order valence-corrected chi connectivity index (χ0v) is 10.5. The Morgan fingerprint density at radius 1 is 1.15 bits per heavy atom. The number of aryl methyl sites for hydroxylation is 1. The molecule has 0 radical (unpaired) electrons. The molecule has 0 saturated carbocycles. The summed E-state index contributed by atoms with van der Waals surface area (Å²) in [4.78, 5) is 11.8. The van der Waals surface area contributed by atoms with Crippen LogP contribution in [-0.2, 0) is 0 Å². The molecule has 0 aliphatic carbocycles. The first-order valence-corrected chi connectivity index (χ1v) is 5.69. The molecule has 0 bridgehead atoms. The van der Waals surface area contributed by atoms with Crippen LogP contribution in [0.1, 0.15) is 21.5 Å². The van der Waals surface area contributed by atoms with E-state index < -0.39 is 23.2 Å². The van der Waals surface area contributed by atoms with Crippen molar-refractivity contribution in [2.45, 2.75) is 6.92 Å². The highest BCUT2D eigenvalue weighted by molar-refractivity contribution is 5.91. The van der Waals surface area contributed by atoms with E-state index in [1.165, 1.54) is 6.07 Å². The third-order valence-corrected chi connectivity index (χ3v) is 2.63. The molecule has 2 aromatic carbocycles. The number of halogens is 2. The molecule has 2 aromatic rings. The summed E-state index contributed by atoms with van der Waals surface area (Å²) >= 11 is 0. The summed E-state index contributed by atoms with van der Waals surface area (Å²) < 4.78 is 31.6. The van der Waals surface area contributed by atoms with E-state index in [0.717, 1.165) is 17.7 Å². The van der Waals surface area contributed by atoms with E-state index in [-0.39, 0.29) is 11.3 Å². The lowest BCUT2D eigenvalue weighted by molar-refractivity contribution is 0.0734. The molecule has 3 nitrogen and oxygen atoms in total. The minimum atomic E-state index is -1.07. The molecule has 0 aliphatic rings. The Kier molecular flexibility index (Phi) is 3.76. The molecule has 0 heterocycles. The number of nitriles is 1. The summed E-state index contributed by atoms with van der Waals surface area (Å²) in [5.74, 6) is -3.16. The van der Waals surface area contributed by atoms with Gasteiger partial charge in [-0.05, 0) is 19.1 Å². The number of ether oxygens (including phenoxy) is 1. The van der Waals surface area contributed by atoms with E-state index in [9.17, 15) is 13.6 Å². The standard InChI is InChI=1S/C15H9F2NO2/c1-9-2-4-10(5-3-9)15(19)20-11-6-13(16)12(8-18)14(17)7-11/h2-7H,1H3. The van der Waals surface area contributed by atoms with Gasteiger partial charge in [-0.3, -0.25) is 0 Å². The quantitative estimate of drug-likeness (QED) is 0.622. The first-order chi connectivity index (χ1) is 9.51. The van der Waals surface area contributed by atoms with Crippen LogP contribution in [0, 0.1) is 29.9 Å². The Balaban J connectivity index is 2.24. The second-order valence-corrected chi connectivity index (χ2v) is 4.13. The molecule has 20 heavy (non-hydrogen) atoms. The fraction of sp³-hybridized carbons (Fsp3) is 0.0667. The highest BCUT2D eigenvalue weighted by Crippen LogP contribution is 2.21. The summed E-state index contributed by atoms with van der Waals surface area (Å²) in [6, 6.07) is 9.53. The van der Waals surface area contributed by atoms with Crippen molar-refractivity contribution < 1.29 is 18.3 Å². The van der Waals surface area contributed by atoms with E-state index in [2.05, 4.69) is 0 Å². The molecule has 0 atom stereocenters. The van der Waals surface area contributed by atoms with Crippen LogP contribution >= 0.6 is 0 Å². The monoisotopic (exact) mass is 273 g/mol. The summed E-state index contributed by atoms with van der Waals surface area (Å²) in [5, 5.41) is 8.54. The number of hydrogen-bond donors (Lipinski definition) is 0. The van der Waals surface area contributed by atoms with Crippen LogP contribution in [-0.4, -0.2) is 5.97 Å². The van der Waals surface area contributed by atoms with Crippen molar-refractivity contribution in [3.63, 3.8) is 0 Å². The Labute approximate surface area is 114 Å². The zero-order valence-electron chi connectivity index (χ0n) is 10.5. The van der Waals surface area contributed by atoms with E-state index in [4.69, 9.17) is 10.00 Å². The van der Waals surface area contributed by atoms with Crippen molar-refractivity contribution in [3.05, 3.63) is 64.7 Å². The summed E-state index contributed by atoms with van der Waals surface area (Å²) in [6.07, 6.45) is 0. The fourth-order valence-corrected chi connectivity index (χ4v) is 1.57. The van der Waals surface area contributed by atoms with Crippen LogP contribution in [0.5, 0.6) is 5.75 Å². The van der Waals surface area contributed by atoms with Crippen LogP contribution in [0.3, 0.4) is 0 Å². The van der Waals surface area contributed by atoms with Crippen LogP contribution in [0.15, 0.2) is 36.4 Å². The average Bonchev–Trinajstić information content (AvgIpc) is 2.39. The van der Waals surface area contributed by atoms with Crippen molar-refractivity contribution >= 4 is 5.97 Å². The maximum Gasteiger partial charge on any atom is 0.343 e. The number of benzene rings is 2. The summed E-state index contributed by atoms with van der Waals surface area (Å²) in [7, 11) is 0. The molecule has 0 spiro atoms. The van der Waals surface area contributed by atoms with Gasteiger partial charge < -0.3 is 4.74 Å². The van der Waals surface area contributed by atoms with Gasteiger partial charge in [0.25, 0.3) is 0 Å². The van der Waals surface area contributed by atoms with Crippen molar-refractivity contribution in [1.82, 2.24) is 0 Å². The van der Waals surface area contributed by atoms with E-state index in [1.807, 2.05) is 6.92 Å². The lowest BCUT2D eigenvalue weighted by Crippen LogP contribution is -2.09. The Morgan fingerprint density at radius 2 is 1.70 bits per heavy atom. The number of esters is 1. The summed E-state index contributed by atoms with van der Waals surface area (Å²) in [5.41, 5.74) is 0.526. The molecule has 0 N–H and O–H groups in total. The third kappa shape index (κ3) is 2.81. The fourth-order valence-electron chi connectivity index (χ4n) is 1.57. The maximum atomic E-state index is 13.4. The summed E-state index contributed by atoms with van der Waals surface area (Å²) in [6.45, 7) is 1.86. The van der Waals surface area contributed by atoms with Crippen molar-refractivity contribution in [2.75, 3.05) is 0 Å². The minimum absolute atomic E-state index is 0.265. The number of rotatable bonds is 2. The van der Waals surface area contributed by atoms with Crippen LogP contribution in [0.4, 0.5) is 8.78 Å². The first kappa shape index (κ1) is 13.7. The molecule has 0 amide bonds. The van der Waals surface area contributed by atoms with Gasteiger partial charge >= 0.3 is 5.97 Å². The van der Waals surface area contributed by atoms with Gasteiger partial charge in [0.2, 0.25) is 0 Å². The molecule has 2 rings (SSSR count). The molecular weight excluding hydrogens is 264 g/mol. The van der Waals surface area contributed by atoms with Gasteiger partial charge in [0.15, 0.2) is 0 Å². The van der Waals surface area contributed by atoms with E-state index >= 15 is 0 Å². The molecule has 100 valence electrons. The van der Waals surface area contributed by atoms with Crippen LogP contribution < -0.4 is 4.74 Å². The number of carbonyl (C=O) groups is 1. The lowest BCUT2D eigenvalue weighted by atomic mass is 10.1. The second kappa shape index (κ2) is 5.49. The van der Waals surface area contributed by atoms with Gasteiger partial charge in [0, 0.05) is 12.1 Å². The van der Waals surface area contributed by atoms with Gasteiger partial charge in [-0.2, -0.15) is 5.26 Å². The van der Waals surface area contributed by atoms with Gasteiger partial charge in [0.05, 0.1) is 5.56 Å². The Hall–Kier alpha value is -2.74. The van der Waals surface area contributed by atoms with Gasteiger partial charge in [-0.1, -0.05) is 17.7 Å². The average molecular weight is 273 g/mol. The maximum absolute atomic E-state index is 13.4. The van der Waals surface area contributed by atoms with E-state index in [1.54, 1.807) is 24.3 Å². The van der Waals surface area contributed by atoms with E-state index in [0.29, 0.717) is 0 Å². The molecular formula is C15H9F2NO2. The number of carbonyl (C=O) groups excluding carboxylic acids is 1. The topological polar surface area (TPSA) is 50.1 Å². The van der Waals surface area contributed by atoms with Gasteiger partial charge in [-0.15, -0.1) is 0 Å². The second-order valence-electron chi connectivity index (χ2n) is 4.13.